The zero-order chi connectivity index (χ0) is 11.7. The number of hydrogen-bond acceptors (Lipinski definition) is 2. The van der Waals surface area contributed by atoms with Gasteiger partial charge in [-0.1, -0.05) is 25.3 Å². The van der Waals surface area contributed by atoms with Crippen LogP contribution in [0.25, 0.3) is 0 Å². The Morgan fingerprint density at radius 1 is 1.07 bits per heavy atom. The summed E-state index contributed by atoms with van der Waals surface area (Å²) in [6.45, 7) is 6.67. The second kappa shape index (κ2) is 8.39. The van der Waals surface area contributed by atoms with Crippen LogP contribution in [0.4, 0.5) is 0 Å². The average molecular weight is 210 g/mol. The van der Waals surface area contributed by atoms with Crippen LogP contribution < -0.4 is 0 Å². The maximum absolute atomic E-state index is 11.1. The molecule has 0 aliphatic rings. The first-order chi connectivity index (χ1) is 7.09. The van der Waals surface area contributed by atoms with E-state index < -0.39 is 0 Å². The number of rotatable bonds is 9. The lowest BCUT2D eigenvalue weighted by Gasteiger charge is -2.09. The van der Waals surface area contributed by atoms with Gasteiger partial charge in [-0.3, -0.25) is 9.59 Å². The third kappa shape index (κ3) is 7.06. The van der Waals surface area contributed by atoms with Gasteiger partial charge in [0, 0.05) is 0 Å². The molecule has 0 amide bonds. The predicted molar refractivity (Wildman–Crippen MR) is 62.8 cm³/mol. The lowest BCUT2D eigenvalue weighted by Crippen LogP contribution is -2.19. The van der Waals surface area contributed by atoms with Crippen LogP contribution in [0.2, 0.25) is 0 Å². The molecule has 15 heavy (non-hydrogen) atoms. The molecule has 0 aliphatic carbocycles. The molecule has 0 aromatic heterocycles. The lowest BCUT2D eigenvalue weighted by molar-refractivity contribution is -0.130. The van der Waals surface area contributed by atoms with Gasteiger partial charge in [0.2, 0.25) is 0 Å². The first-order valence-electron chi connectivity index (χ1n) is 5.71. The molecule has 0 aromatic carbocycles. The second-order valence-electron chi connectivity index (χ2n) is 4.05. The van der Waals surface area contributed by atoms with Gasteiger partial charge in [0.1, 0.15) is 11.6 Å². The average Bonchev–Trinajstić information content (AvgIpc) is 2.15. The molecule has 0 atom stereocenters. The molecule has 0 rings (SSSR count). The third-order valence-electron chi connectivity index (χ3n) is 2.63. The van der Waals surface area contributed by atoms with Crippen LogP contribution in [0.5, 0.6) is 0 Å². The Labute approximate surface area is 92.8 Å². The number of carbonyl (C=O) groups excluding carboxylic acids is 2. The van der Waals surface area contributed by atoms with E-state index in [0.29, 0.717) is 0 Å². The number of allylic oxidation sites excluding steroid dienone is 1. The van der Waals surface area contributed by atoms with E-state index in [9.17, 15) is 9.59 Å². The molecule has 0 saturated heterocycles. The van der Waals surface area contributed by atoms with E-state index in [1.807, 2.05) is 6.08 Å². The largest absolute Gasteiger partial charge is 0.299 e. The highest BCUT2D eigenvalue weighted by Crippen LogP contribution is 2.13. The summed E-state index contributed by atoms with van der Waals surface area (Å²) in [6, 6.07) is 0. The van der Waals surface area contributed by atoms with Crippen molar-refractivity contribution in [3.63, 3.8) is 0 Å². The topological polar surface area (TPSA) is 34.1 Å². The highest BCUT2D eigenvalue weighted by molar-refractivity contribution is 6.00. The summed E-state index contributed by atoms with van der Waals surface area (Å²) in [5.41, 5.74) is 0. The van der Waals surface area contributed by atoms with Gasteiger partial charge in [0.05, 0.1) is 5.92 Å². The molecule has 0 fully saturated rings. The molecule has 2 heteroatoms. The molecule has 86 valence electrons. The van der Waals surface area contributed by atoms with Crippen molar-refractivity contribution < 1.29 is 9.59 Å². The Morgan fingerprint density at radius 2 is 1.60 bits per heavy atom. The standard InChI is InChI=1S/C13H22O2/c1-4-5-6-7-8-9-10-13(11(2)14)12(3)15/h4,13H,1,5-10H2,2-3H3. The van der Waals surface area contributed by atoms with Crippen molar-refractivity contribution in [2.24, 2.45) is 5.92 Å². The van der Waals surface area contributed by atoms with Crippen LogP contribution >= 0.6 is 0 Å². The maximum atomic E-state index is 11.1. The number of unbranched alkanes of at least 4 members (excludes halogenated alkanes) is 4. The van der Waals surface area contributed by atoms with Crippen LogP contribution in [0.15, 0.2) is 12.7 Å². The molecule has 0 spiro atoms. The van der Waals surface area contributed by atoms with Gasteiger partial charge in [-0.25, -0.2) is 0 Å². The smallest absolute Gasteiger partial charge is 0.140 e. The van der Waals surface area contributed by atoms with Crippen molar-refractivity contribution >= 4 is 11.6 Å². The van der Waals surface area contributed by atoms with Gasteiger partial charge < -0.3 is 0 Å². The van der Waals surface area contributed by atoms with Crippen LogP contribution in [0.1, 0.15) is 52.4 Å². The van der Waals surface area contributed by atoms with Crippen LogP contribution in [-0.2, 0) is 9.59 Å². The second-order valence-corrected chi connectivity index (χ2v) is 4.05. The molecule has 0 N–H and O–H groups in total. The van der Waals surface area contributed by atoms with E-state index in [1.165, 1.54) is 13.8 Å². The van der Waals surface area contributed by atoms with Crippen molar-refractivity contribution in [3.05, 3.63) is 12.7 Å². The van der Waals surface area contributed by atoms with Crippen LogP contribution in [0, 0.1) is 5.92 Å². The Kier molecular flexibility index (Phi) is 7.88. The van der Waals surface area contributed by atoms with Gasteiger partial charge in [-0.05, 0) is 33.1 Å². The molecule has 2 nitrogen and oxygen atoms in total. The highest BCUT2D eigenvalue weighted by Gasteiger charge is 2.18. The normalized spacial score (nSPS) is 10.3. The summed E-state index contributed by atoms with van der Waals surface area (Å²) in [4.78, 5) is 22.2. The first-order valence-corrected chi connectivity index (χ1v) is 5.71. The minimum atomic E-state index is -0.357. The molecular weight excluding hydrogens is 188 g/mol. The Morgan fingerprint density at radius 3 is 2.07 bits per heavy atom. The summed E-state index contributed by atoms with van der Waals surface area (Å²) >= 11 is 0. The van der Waals surface area contributed by atoms with Crippen molar-refractivity contribution in [1.82, 2.24) is 0 Å². The number of ketones is 2. The van der Waals surface area contributed by atoms with E-state index >= 15 is 0 Å². The molecule has 0 saturated carbocycles. The summed E-state index contributed by atoms with van der Waals surface area (Å²) < 4.78 is 0. The minimum absolute atomic E-state index is 0.00796. The van der Waals surface area contributed by atoms with Crippen molar-refractivity contribution in [2.75, 3.05) is 0 Å². The monoisotopic (exact) mass is 210 g/mol. The zero-order valence-electron chi connectivity index (χ0n) is 9.92. The fourth-order valence-electron chi connectivity index (χ4n) is 1.68. The summed E-state index contributed by atoms with van der Waals surface area (Å²) in [7, 11) is 0. The molecule has 0 radical (unpaired) electrons. The summed E-state index contributed by atoms with van der Waals surface area (Å²) in [5, 5.41) is 0. The van der Waals surface area contributed by atoms with Gasteiger partial charge in [0.25, 0.3) is 0 Å². The molecular formula is C13H22O2. The maximum Gasteiger partial charge on any atom is 0.140 e. The van der Waals surface area contributed by atoms with Gasteiger partial charge >= 0.3 is 0 Å². The summed E-state index contributed by atoms with van der Waals surface area (Å²) in [6.07, 6.45) is 8.10. The number of carbonyl (C=O) groups is 2. The third-order valence-corrected chi connectivity index (χ3v) is 2.63. The SMILES string of the molecule is C=CCCCCCCC(C(C)=O)C(C)=O. The molecule has 0 bridgehead atoms. The van der Waals surface area contributed by atoms with E-state index in [4.69, 9.17) is 0 Å². The summed E-state index contributed by atoms with van der Waals surface area (Å²) in [5.74, 6) is -0.341. The van der Waals surface area contributed by atoms with E-state index in [-0.39, 0.29) is 17.5 Å². The number of hydrogen-bond donors (Lipinski definition) is 0. The zero-order valence-corrected chi connectivity index (χ0v) is 9.92. The number of Topliss-reactive ketones (excluding diaryl/α,β-unsaturated/α-hetero) is 2. The van der Waals surface area contributed by atoms with Crippen LogP contribution in [0.3, 0.4) is 0 Å². The lowest BCUT2D eigenvalue weighted by atomic mass is 9.94. The van der Waals surface area contributed by atoms with Crippen molar-refractivity contribution in [2.45, 2.75) is 52.4 Å². The quantitative estimate of drug-likeness (QED) is 0.332. The Bertz CT molecular complexity index is 205. The van der Waals surface area contributed by atoms with E-state index in [2.05, 4.69) is 6.58 Å². The van der Waals surface area contributed by atoms with Gasteiger partial charge in [0.15, 0.2) is 0 Å². The van der Waals surface area contributed by atoms with E-state index in [0.717, 1.165) is 38.5 Å². The fourth-order valence-corrected chi connectivity index (χ4v) is 1.68. The molecule has 0 heterocycles. The first kappa shape index (κ1) is 14.1. The van der Waals surface area contributed by atoms with Crippen molar-refractivity contribution in [3.8, 4) is 0 Å². The van der Waals surface area contributed by atoms with Gasteiger partial charge in [-0.2, -0.15) is 0 Å². The minimum Gasteiger partial charge on any atom is -0.299 e. The van der Waals surface area contributed by atoms with Crippen LogP contribution in [-0.4, -0.2) is 11.6 Å². The Hall–Kier alpha value is -0.920. The van der Waals surface area contributed by atoms with E-state index in [1.54, 1.807) is 0 Å². The molecule has 0 unspecified atom stereocenters. The fraction of sp³-hybridized carbons (Fsp3) is 0.692. The highest BCUT2D eigenvalue weighted by atomic mass is 16.1. The van der Waals surface area contributed by atoms with Crippen molar-refractivity contribution in [1.29, 1.82) is 0 Å². The Balaban J connectivity index is 3.59. The predicted octanol–water partition coefficient (Wildman–Crippen LogP) is 3.31. The van der Waals surface area contributed by atoms with Gasteiger partial charge in [-0.15, -0.1) is 6.58 Å². The molecule has 0 aromatic rings. The molecule has 0 aliphatic heterocycles.